The first-order valence-corrected chi connectivity index (χ1v) is 8.04. The highest BCUT2D eigenvalue weighted by Crippen LogP contribution is 2.36. The van der Waals surface area contributed by atoms with Crippen LogP contribution in [0.5, 0.6) is 0 Å². The van der Waals surface area contributed by atoms with Crippen molar-refractivity contribution in [2.45, 2.75) is 25.4 Å². The lowest BCUT2D eigenvalue weighted by Crippen LogP contribution is -2.53. The van der Waals surface area contributed by atoms with Gasteiger partial charge in [-0.1, -0.05) is 6.42 Å². The zero-order chi connectivity index (χ0) is 12.7. The van der Waals surface area contributed by atoms with E-state index in [9.17, 15) is 9.90 Å². The molecule has 3 rings (SSSR count). The van der Waals surface area contributed by atoms with Crippen molar-refractivity contribution >= 4 is 33.2 Å². The maximum absolute atomic E-state index is 12.4. The summed E-state index contributed by atoms with van der Waals surface area (Å²) in [5, 5.41) is 12.1. The van der Waals surface area contributed by atoms with Crippen molar-refractivity contribution in [3.8, 4) is 0 Å². The molecule has 5 heteroatoms. The second kappa shape index (κ2) is 4.94. The van der Waals surface area contributed by atoms with Crippen LogP contribution in [0, 0.1) is 11.8 Å². The molecule has 2 fully saturated rings. The molecule has 1 aliphatic carbocycles. The second-order valence-corrected chi connectivity index (χ2v) is 7.02. The molecule has 18 heavy (non-hydrogen) atoms. The van der Waals surface area contributed by atoms with Crippen LogP contribution in [0.4, 0.5) is 0 Å². The van der Waals surface area contributed by atoms with Gasteiger partial charge in [0.25, 0.3) is 5.91 Å². The Morgan fingerprint density at radius 2 is 2.06 bits per heavy atom. The lowest BCUT2D eigenvalue weighted by Gasteiger charge is -2.44. The number of thiophene rings is 1. The Bertz CT molecular complexity index is 448. The van der Waals surface area contributed by atoms with Gasteiger partial charge in [0.15, 0.2) is 0 Å². The molecular weight excluding hydrogens is 314 g/mol. The van der Waals surface area contributed by atoms with Gasteiger partial charge in [-0.2, -0.15) is 0 Å². The fourth-order valence-corrected chi connectivity index (χ4v) is 4.67. The maximum Gasteiger partial charge on any atom is 0.265 e. The van der Waals surface area contributed by atoms with Crippen LogP contribution in [-0.4, -0.2) is 35.1 Å². The first kappa shape index (κ1) is 12.6. The molecule has 1 N–H and O–H groups in total. The number of aliphatic hydroxyl groups excluding tert-OH is 1. The average Bonchev–Trinajstić information content (AvgIpc) is 2.74. The summed E-state index contributed by atoms with van der Waals surface area (Å²) in [6.45, 7) is 1.42. The Morgan fingerprint density at radius 1 is 1.39 bits per heavy atom. The SMILES string of the molecule is O=C(c1sccc1Br)N1C[C@H]2CCC[C@@H](C1)C2O. The van der Waals surface area contributed by atoms with Crippen LogP contribution in [0.15, 0.2) is 15.9 Å². The van der Waals surface area contributed by atoms with Gasteiger partial charge in [0.1, 0.15) is 4.88 Å². The van der Waals surface area contributed by atoms with Crippen molar-refractivity contribution in [2.75, 3.05) is 13.1 Å². The van der Waals surface area contributed by atoms with E-state index >= 15 is 0 Å². The van der Waals surface area contributed by atoms with E-state index in [0.29, 0.717) is 13.1 Å². The number of hydrogen-bond acceptors (Lipinski definition) is 3. The molecule has 1 saturated heterocycles. The summed E-state index contributed by atoms with van der Waals surface area (Å²) in [4.78, 5) is 15.2. The molecule has 2 heterocycles. The first-order chi connectivity index (χ1) is 8.66. The Kier molecular flexibility index (Phi) is 3.47. The number of halogens is 1. The Morgan fingerprint density at radius 3 is 2.61 bits per heavy atom. The molecular formula is C13H16BrNO2S. The first-order valence-electron chi connectivity index (χ1n) is 6.37. The number of nitrogens with zero attached hydrogens (tertiary/aromatic N) is 1. The van der Waals surface area contributed by atoms with Crippen LogP contribution < -0.4 is 0 Å². The van der Waals surface area contributed by atoms with Gasteiger partial charge >= 0.3 is 0 Å². The molecule has 1 aromatic heterocycles. The third kappa shape index (κ3) is 2.12. The third-order valence-corrected chi connectivity index (χ3v) is 5.95. The number of likely N-dealkylation sites (tertiary alicyclic amines) is 1. The summed E-state index contributed by atoms with van der Waals surface area (Å²) >= 11 is 4.90. The standard InChI is InChI=1S/C13H16BrNO2S/c14-10-4-5-18-12(10)13(17)15-6-8-2-1-3-9(7-15)11(8)16/h4-5,8-9,11,16H,1-3,6-7H2/t8-,9+,11?. The van der Waals surface area contributed by atoms with E-state index in [-0.39, 0.29) is 23.8 Å². The Hall–Kier alpha value is -0.390. The topological polar surface area (TPSA) is 40.5 Å². The van der Waals surface area contributed by atoms with E-state index in [0.717, 1.165) is 22.2 Å². The summed E-state index contributed by atoms with van der Waals surface area (Å²) in [7, 11) is 0. The highest BCUT2D eigenvalue weighted by atomic mass is 79.9. The number of hydrogen-bond donors (Lipinski definition) is 1. The van der Waals surface area contributed by atoms with Crippen molar-refractivity contribution in [1.29, 1.82) is 0 Å². The van der Waals surface area contributed by atoms with Crippen LogP contribution in [0.25, 0.3) is 0 Å². The van der Waals surface area contributed by atoms with Crippen molar-refractivity contribution in [1.82, 2.24) is 4.90 Å². The van der Waals surface area contributed by atoms with Gasteiger partial charge in [-0.15, -0.1) is 11.3 Å². The lowest BCUT2D eigenvalue weighted by molar-refractivity contribution is -0.0411. The van der Waals surface area contributed by atoms with Gasteiger partial charge in [0.05, 0.1) is 6.10 Å². The molecule has 3 atom stereocenters. The van der Waals surface area contributed by atoms with Gasteiger partial charge < -0.3 is 10.0 Å². The van der Waals surface area contributed by atoms with Gasteiger partial charge in [-0.05, 0) is 40.2 Å². The van der Waals surface area contributed by atoms with Crippen LogP contribution in [0.2, 0.25) is 0 Å². The second-order valence-electron chi connectivity index (χ2n) is 5.25. The molecule has 2 bridgehead atoms. The molecule has 1 unspecified atom stereocenters. The van der Waals surface area contributed by atoms with E-state index in [1.54, 1.807) is 0 Å². The van der Waals surface area contributed by atoms with E-state index in [1.165, 1.54) is 17.8 Å². The van der Waals surface area contributed by atoms with E-state index in [4.69, 9.17) is 0 Å². The largest absolute Gasteiger partial charge is 0.392 e. The van der Waals surface area contributed by atoms with Gasteiger partial charge in [0, 0.05) is 29.4 Å². The van der Waals surface area contributed by atoms with Crippen molar-refractivity contribution < 1.29 is 9.90 Å². The number of amides is 1. The number of fused-ring (bicyclic) bond motifs is 2. The minimum Gasteiger partial charge on any atom is -0.392 e. The Balaban J connectivity index is 1.78. The van der Waals surface area contributed by atoms with E-state index in [2.05, 4.69) is 15.9 Å². The quantitative estimate of drug-likeness (QED) is 0.860. The fourth-order valence-electron chi connectivity index (χ4n) is 3.16. The predicted octanol–water partition coefficient (Wildman–Crippen LogP) is 2.74. The van der Waals surface area contributed by atoms with Crippen molar-refractivity contribution in [3.05, 3.63) is 20.8 Å². The number of rotatable bonds is 1. The molecule has 2 aliphatic rings. The maximum atomic E-state index is 12.4. The van der Waals surface area contributed by atoms with E-state index in [1.807, 2.05) is 16.3 Å². The Labute approximate surface area is 119 Å². The molecule has 3 nitrogen and oxygen atoms in total. The number of carbonyl (C=O) groups is 1. The van der Waals surface area contributed by atoms with Crippen LogP contribution in [-0.2, 0) is 0 Å². The molecule has 1 amide bonds. The molecule has 1 aliphatic heterocycles. The molecule has 0 spiro atoms. The number of aliphatic hydroxyl groups is 1. The molecule has 98 valence electrons. The number of piperidine rings is 1. The van der Waals surface area contributed by atoms with Crippen molar-refractivity contribution in [2.24, 2.45) is 11.8 Å². The summed E-state index contributed by atoms with van der Waals surface area (Å²) in [5.74, 6) is 0.668. The molecule has 1 aromatic rings. The molecule has 0 aromatic carbocycles. The minimum absolute atomic E-state index is 0.112. The van der Waals surface area contributed by atoms with Crippen LogP contribution in [0.3, 0.4) is 0 Å². The van der Waals surface area contributed by atoms with Gasteiger partial charge in [-0.25, -0.2) is 0 Å². The highest BCUT2D eigenvalue weighted by molar-refractivity contribution is 9.10. The zero-order valence-electron chi connectivity index (χ0n) is 10.0. The highest BCUT2D eigenvalue weighted by Gasteiger charge is 2.40. The fraction of sp³-hybridized carbons (Fsp3) is 0.615. The summed E-state index contributed by atoms with van der Waals surface area (Å²) in [6, 6.07) is 1.91. The normalized spacial score (nSPS) is 31.4. The summed E-state index contributed by atoms with van der Waals surface area (Å²) < 4.78 is 0.883. The third-order valence-electron chi connectivity index (χ3n) is 4.12. The predicted molar refractivity (Wildman–Crippen MR) is 74.8 cm³/mol. The monoisotopic (exact) mass is 329 g/mol. The minimum atomic E-state index is -0.199. The smallest absolute Gasteiger partial charge is 0.265 e. The van der Waals surface area contributed by atoms with Crippen molar-refractivity contribution in [3.63, 3.8) is 0 Å². The summed E-state index contributed by atoms with van der Waals surface area (Å²) in [6.07, 6.45) is 3.09. The average molecular weight is 330 g/mol. The lowest BCUT2D eigenvalue weighted by atomic mass is 9.75. The van der Waals surface area contributed by atoms with Crippen LogP contribution in [0.1, 0.15) is 28.9 Å². The van der Waals surface area contributed by atoms with Crippen LogP contribution >= 0.6 is 27.3 Å². The zero-order valence-corrected chi connectivity index (χ0v) is 12.4. The summed E-state index contributed by atoms with van der Waals surface area (Å²) in [5.41, 5.74) is 0. The molecule has 1 saturated carbocycles. The van der Waals surface area contributed by atoms with Gasteiger partial charge in [0.2, 0.25) is 0 Å². The number of carbonyl (C=O) groups excluding carboxylic acids is 1. The molecule has 0 radical (unpaired) electrons. The van der Waals surface area contributed by atoms with Gasteiger partial charge in [-0.3, -0.25) is 4.79 Å². The van der Waals surface area contributed by atoms with E-state index < -0.39 is 0 Å².